The van der Waals surface area contributed by atoms with Gasteiger partial charge in [-0.2, -0.15) is 0 Å². The molecular weight excluding hydrogens is 368 g/mol. The van der Waals surface area contributed by atoms with Gasteiger partial charge in [-0.15, -0.1) is 11.3 Å². The van der Waals surface area contributed by atoms with Crippen LogP contribution in [0, 0.1) is 5.92 Å². The van der Waals surface area contributed by atoms with E-state index in [0.29, 0.717) is 17.5 Å². The number of fused-ring (bicyclic) bond motifs is 2. The highest BCUT2D eigenvalue weighted by molar-refractivity contribution is 8.13. The molecule has 4 heterocycles. The monoisotopic (exact) mass is 384 g/mol. The molecular formula is C17H16N6OS2. The number of amides is 1. The normalized spacial score (nSPS) is 22.7. The molecule has 1 amide bonds. The average Bonchev–Trinajstić information content (AvgIpc) is 3.36. The van der Waals surface area contributed by atoms with E-state index in [1.807, 2.05) is 52.5 Å². The number of hydrazine groups is 1. The fourth-order valence-corrected chi connectivity index (χ4v) is 4.82. The number of hydrogen-bond donors (Lipinski definition) is 2. The molecule has 26 heavy (non-hydrogen) atoms. The van der Waals surface area contributed by atoms with Crippen molar-refractivity contribution in [3.63, 3.8) is 0 Å². The minimum atomic E-state index is -0.213. The molecule has 2 atom stereocenters. The Balaban J connectivity index is 1.44. The first-order valence-corrected chi connectivity index (χ1v) is 10.2. The summed E-state index contributed by atoms with van der Waals surface area (Å²) in [5, 5.41) is 2.72. The first-order chi connectivity index (χ1) is 12.8. The third-order valence-corrected chi connectivity index (χ3v) is 6.20. The summed E-state index contributed by atoms with van der Waals surface area (Å²) in [5.74, 6) is 0.550. The van der Waals surface area contributed by atoms with Gasteiger partial charge in [0, 0.05) is 30.1 Å². The van der Waals surface area contributed by atoms with Gasteiger partial charge in [0.05, 0.1) is 17.3 Å². The quantitative estimate of drug-likeness (QED) is 0.723. The Bertz CT molecular complexity index is 953. The predicted molar refractivity (Wildman–Crippen MR) is 104 cm³/mol. The molecule has 2 unspecified atom stereocenters. The van der Waals surface area contributed by atoms with Gasteiger partial charge in [0.15, 0.2) is 10.1 Å². The second-order valence-corrected chi connectivity index (χ2v) is 7.93. The van der Waals surface area contributed by atoms with Crippen molar-refractivity contribution in [2.24, 2.45) is 10.9 Å². The van der Waals surface area contributed by atoms with Crippen LogP contribution in [0.25, 0.3) is 4.96 Å². The van der Waals surface area contributed by atoms with Crippen LogP contribution in [0.4, 0.5) is 5.69 Å². The van der Waals surface area contributed by atoms with Gasteiger partial charge in [0.2, 0.25) is 5.91 Å². The third-order valence-electron chi connectivity index (χ3n) is 4.44. The van der Waals surface area contributed by atoms with E-state index >= 15 is 0 Å². The molecule has 0 radical (unpaired) electrons. The van der Waals surface area contributed by atoms with Gasteiger partial charge in [-0.05, 0) is 12.1 Å². The van der Waals surface area contributed by atoms with Crippen molar-refractivity contribution in [3.8, 4) is 0 Å². The molecule has 7 nitrogen and oxygen atoms in total. The Morgan fingerprint density at radius 3 is 3.04 bits per heavy atom. The average molecular weight is 384 g/mol. The maximum absolute atomic E-state index is 13.1. The van der Waals surface area contributed by atoms with Crippen LogP contribution in [0.3, 0.4) is 0 Å². The number of nitrogens with one attached hydrogen (secondary N) is 2. The Kier molecular flexibility index (Phi) is 4.01. The third kappa shape index (κ3) is 2.73. The Morgan fingerprint density at radius 1 is 1.31 bits per heavy atom. The van der Waals surface area contributed by atoms with Crippen molar-refractivity contribution in [2.75, 3.05) is 11.4 Å². The van der Waals surface area contributed by atoms with Gasteiger partial charge in [-0.1, -0.05) is 30.0 Å². The minimum absolute atomic E-state index is 0.0713. The van der Waals surface area contributed by atoms with Crippen LogP contribution in [0.15, 0.2) is 53.1 Å². The molecule has 0 bridgehead atoms. The molecule has 0 saturated carbocycles. The van der Waals surface area contributed by atoms with Crippen LogP contribution in [0.5, 0.6) is 0 Å². The number of aliphatic imine (C=N–C) groups is 1. The standard InChI is InChI=1S/C17H16N6OS2/c24-15-13-8-18-21-14(13)20-17(23(15)12-4-2-1-3-5-12)26-10-11-9-22-6-7-25-16(22)19-11/h1-7,9,13-14,18,21H,8,10H2. The zero-order valence-corrected chi connectivity index (χ0v) is 15.3. The van der Waals surface area contributed by atoms with Crippen molar-refractivity contribution < 1.29 is 4.79 Å². The number of benzene rings is 1. The lowest BCUT2D eigenvalue weighted by molar-refractivity contribution is -0.121. The molecule has 3 aromatic rings. The highest BCUT2D eigenvalue weighted by Gasteiger charge is 2.42. The van der Waals surface area contributed by atoms with Gasteiger partial charge in [-0.3, -0.25) is 19.5 Å². The van der Waals surface area contributed by atoms with Crippen LogP contribution < -0.4 is 15.8 Å². The smallest absolute Gasteiger partial charge is 0.241 e. The summed E-state index contributed by atoms with van der Waals surface area (Å²) in [7, 11) is 0. The zero-order valence-electron chi connectivity index (χ0n) is 13.7. The van der Waals surface area contributed by atoms with E-state index in [9.17, 15) is 4.79 Å². The van der Waals surface area contributed by atoms with E-state index < -0.39 is 0 Å². The van der Waals surface area contributed by atoms with E-state index in [-0.39, 0.29) is 18.0 Å². The number of nitrogens with zero attached hydrogens (tertiary/aromatic N) is 4. The topological polar surface area (TPSA) is 74.0 Å². The molecule has 0 aliphatic carbocycles. The Labute approximate surface area is 158 Å². The lowest BCUT2D eigenvalue weighted by Gasteiger charge is -2.32. The van der Waals surface area contributed by atoms with Gasteiger partial charge >= 0.3 is 0 Å². The molecule has 9 heteroatoms. The first-order valence-electron chi connectivity index (χ1n) is 8.29. The van der Waals surface area contributed by atoms with E-state index in [4.69, 9.17) is 4.99 Å². The number of amidine groups is 1. The number of thioether (sulfide) groups is 1. The molecule has 5 rings (SSSR count). The molecule has 132 valence electrons. The summed E-state index contributed by atoms with van der Waals surface area (Å²) < 4.78 is 2.02. The van der Waals surface area contributed by atoms with Crippen LogP contribution in [-0.2, 0) is 10.5 Å². The summed E-state index contributed by atoms with van der Waals surface area (Å²) in [6.07, 6.45) is 3.81. The van der Waals surface area contributed by atoms with Crippen molar-refractivity contribution in [3.05, 3.63) is 53.8 Å². The van der Waals surface area contributed by atoms with Crippen LogP contribution in [0.1, 0.15) is 5.69 Å². The van der Waals surface area contributed by atoms with Crippen LogP contribution >= 0.6 is 23.1 Å². The number of para-hydroxylation sites is 1. The second kappa shape index (κ2) is 6.51. The second-order valence-electron chi connectivity index (χ2n) is 6.11. The highest BCUT2D eigenvalue weighted by atomic mass is 32.2. The van der Waals surface area contributed by atoms with Crippen molar-refractivity contribution in [1.29, 1.82) is 0 Å². The maximum atomic E-state index is 13.1. The van der Waals surface area contributed by atoms with E-state index in [0.717, 1.165) is 16.3 Å². The van der Waals surface area contributed by atoms with Gasteiger partial charge < -0.3 is 0 Å². The molecule has 2 aliphatic heterocycles. The number of rotatable bonds is 3. The van der Waals surface area contributed by atoms with E-state index in [1.54, 1.807) is 28.0 Å². The molecule has 2 N–H and O–H groups in total. The van der Waals surface area contributed by atoms with Gasteiger partial charge in [0.1, 0.15) is 6.17 Å². The maximum Gasteiger partial charge on any atom is 0.241 e. The lowest BCUT2D eigenvalue weighted by Crippen LogP contribution is -2.49. The number of imidazole rings is 1. The van der Waals surface area contributed by atoms with Crippen molar-refractivity contribution in [1.82, 2.24) is 20.2 Å². The van der Waals surface area contributed by atoms with E-state index in [2.05, 4.69) is 15.8 Å². The molecule has 1 saturated heterocycles. The Hall–Kier alpha value is -2.20. The van der Waals surface area contributed by atoms with Gasteiger partial charge in [-0.25, -0.2) is 15.4 Å². The molecule has 2 aromatic heterocycles. The summed E-state index contributed by atoms with van der Waals surface area (Å²) >= 11 is 3.15. The molecule has 1 aromatic carbocycles. The largest absolute Gasteiger partial charge is 0.297 e. The summed E-state index contributed by atoms with van der Waals surface area (Å²) in [5.41, 5.74) is 7.96. The minimum Gasteiger partial charge on any atom is -0.297 e. The molecule has 1 fully saturated rings. The lowest BCUT2D eigenvalue weighted by atomic mass is 10.1. The number of aromatic nitrogens is 2. The van der Waals surface area contributed by atoms with Crippen LogP contribution in [-0.4, -0.2) is 33.2 Å². The number of carbonyl (C=O) groups excluding carboxylic acids is 1. The van der Waals surface area contributed by atoms with Crippen molar-refractivity contribution >= 4 is 44.8 Å². The SMILES string of the molecule is O=C1C2CNNC2N=C(SCc2cn3ccsc3n2)N1c1ccccc1. The summed E-state index contributed by atoms with van der Waals surface area (Å²) in [6, 6.07) is 9.70. The number of thiazole rings is 1. The zero-order chi connectivity index (χ0) is 17.5. The van der Waals surface area contributed by atoms with Crippen LogP contribution in [0.2, 0.25) is 0 Å². The summed E-state index contributed by atoms with van der Waals surface area (Å²) in [4.78, 5) is 25.2. The predicted octanol–water partition coefficient (Wildman–Crippen LogP) is 2.08. The summed E-state index contributed by atoms with van der Waals surface area (Å²) in [6.45, 7) is 0.589. The molecule has 0 spiro atoms. The van der Waals surface area contributed by atoms with E-state index in [1.165, 1.54) is 0 Å². The number of hydrogen-bond acceptors (Lipinski definition) is 7. The Morgan fingerprint density at radius 2 is 2.19 bits per heavy atom. The fourth-order valence-electron chi connectivity index (χ4n) is 3.17. The van der Waals surface area contributed by atoms with Gasteiger partial charge in [0.25, 0.3) is 0 Å². The highest BCUT2D eigenvalue weighted by Crippen LogP contribution is 2.30. The molecule has 2 aliphatic rings. The number of anilines is 1. The fraction of sp³-hybridized carbons (Fsp3) is 0.235. The number of carbonyl (C=O) groups is 1. The first kappa shape index (κ1) is 16.0. The van der Waals surface area contributed by atoms with Crippen molar-refractivity contribution in [2.45, 2.75) is 11.9 Å².